The molecule has 2 aromatic rings. The zero-order chi connectivity index (χ0) is 12.7. The first kappa shape index (κ1) is 12.2. The van der Waals surface area contributed by atoms with Crippen molar-refractivity contribution in [2.24, 2.45) is 0 Å². The highest BCUT2D eigenvalue weighted by atomic mass is 79.9. The van der Waals surface area contributed by atoms with Gasteiger partial charge in [0.25, 0.3) is 0 Å². The Morgan fingerprint density at radius 2 is 1.88 bits per heavy atom. The number of benzene rings is 1. The predicted octanol–water partition coefficient (Wildman–Crippen LogP) is 3.69. The van der Waals surface area contributed by atoms with E-state index >= 15 is 0 Å². The Hall–Kier alpha value is -1.23. The Morgan fingerprint density at radius 1 is 1.24 bits per heavy atom. The molecule has 0 saturated heterocycles. The molecule has 17 heavy (non-hydrogen) atoms. The van der Waals surface area contributed by atoms with Crippen LogP contribution in [0.3, 0.4) is 0 Å². The van der Waals surface area contributed by atoms with Crippen LogP contribution in [0.25, 0.3) is 10.9 Å². The van der Waals surface area contributed by atoms with E-state index in [0.717, 1.165) is 6.07 Å². The van der Waals surface area contributed by atoms with E-state index in [1.165, 1.54) is 6.07 Å². The number of aromatic amines is 1. The molecule has 0 fully saturated rings. The summed E-state index contributed by atoms with van der Waals surface area (Å²) in [6.07, 6.45) is 0. The first-order valence-electron chi connectivity index (χ1n) is 5.12. The second-order valence-electron chi connectivity index (χ2n) is 4.15. The SMILES string of the molecule is CC(C)c1cc(=O)c2c(Br)c(F)cc(F)c2[nH]1. The van der Waals surface area contributed by atoms with Crippen molar-refractivity contribution in [3.63, 3.8) is 0 Å². The molecule has 0 aliphatic carbocycles. The first-order valence-corrected chi connectivity index (χ1v) is 5.91. The van der Waals surface area contributed by atoms with Gasteiger partial charge in [-0.1, -0.05) is 13.8 Å². The average molecular weight is 302 g/mol. The molecule has 0 saturated carbocycles. The Bertz CT molecular complexity index is 649. The third-order valence-electron chi connectivity index (χ3n) is 2.60. The van der Waals surface area contributed by atoms with Gasteiger partial charge in [0.15, 0.2) is 5.43 Å². The summed E-state index contributed by atoms with van der Waals surface area (Å²) in [5.74, 6) is -1.48. The van der Waals surface area contributed by atoms with Crippen LogP contribution in [0.1, 0.15) is 25.5 Å². The van der Waals surface area contributed by atoms with Crippen LogP contribution in [0, 0.1) is 11.6 Å². The quantitative estimate of drug-likeness (QED) is 0.801. The van der Waals surface area contributed by atoms with Crippen molar-refractivity contribution in [3.05, 3.63) is 44.2 Å². The second-order valence-corrected chi connectivity index (χ2v) is 4.94. The molecule has 0 aliphatic heterocycles. The monoisotopic (exact) mass is 301 g/mol. The number of rotatable bonds is 1. The van der Waals surface area contributed by atoms with Crippen LogP contribution in [0.4, 0.5) is 8.78 Å². The number of halogens is 3. The summed E-state index contributed by atoms with van der Waals surface area (Å²) < 4.78 is 26.9. The van der Waals surface area contributed by atoms with E-state index in [4.69, 9.17) is 0 Å². The van der Waals surface area contributed by atoms with Gasteiger partial charge < -0.3 is 4.98 Å². The van der Waals surface area contributed by atoms with Crippen LogP contribution in [0.5, 0.6) is 0 Å². The molecule has 1 N–H and O–H groups in total. The first-order chi connectivity index (χ1) is 7.91. The van der Waals surface area contributed by atoms with Crippen LogP contribution in [-0.2, 0) is 0 Å². The largest absolute Gasteiger partial charge is 0.356 e. The molecule has 0 unspecified atom stereocenters. The van der Waals surface area contributed by atoms with Crippen LogP contribution in [-0.4, -0.2) is 4.98 Å². The molecule has 0 atom stereocenters. The highest BCUT2D eigenvalue weighted by Gasteiger charge is 2.15. The zero-order valence-electron chi connectivity index (χ0n) is 9.27. The van der Waals surface area contributed by atoms with E-state index in [0.29, 0.717) is 5.69 Å². The summed E-state index contributed by atoms with van der Waals surface area (Å²) in [7, 11) is 0. The van der Waals surface area contributed by atoms with E-state index < -0.39 is 17.1 Å². The molecule has 1 heterocycles. The lowest BCUT2D eigenvalue weighted by Gasteiger charge is -2.09. The van der Waals surface area contributed by atoms with Crippen molar-refractivity contribution < 1.29 is 8.78 Å². The van der Waals surface area contributed by atoms with Gasteiger partial charge in [-0.2, -0.15) is 0 Å². The number of hydrogen-bond acceptors (Lipinski definition) is 1. The number of aromatic nitrogens is 1. The van der Waals surface area contributed by atoms with E-state index in [1.807, 2.05) is 13.8 Å². The number of pyridine rings is 1. The minimum atomic E-state index is -0.780. The van der Waals surface area contributed by atoms with E-state index in [9.17, 15) is 13.6 Å². The Balaban J connectivity index is 2.96. The van der Waals surface area contributed by atoms with Crippen molar-refractivity contribution in [3.8, 4) is 0 Å². The van der Waals surface area contributed by atoms with Crippen molar-refractivity contribution in [1.29, 1.82) is 0 Å². The maximum Gasteiger partial charge on any atom is 0.191 e. The molecular formula is C12H10BrF2NO. The molecule has 90 valence electrons. The van der Waals surface area contributed by atoms with Crippen LogP contribution in [0.15, 0.2) is 21.4 Å². The molecule has 1 aromatic heterocycles. The lowest BCUT2D eigenvalue weighted by Crippen LogP contribution is -2.09. The fraction of sp³-hybridized carbons (Fsp3) is 0.250. The Kier molecular flexibility index (Phi) is 3.03. The van der Waals surface area contributed by atoms with Gasteiger partial charge in [-0.25, -0.2) is 8.78 Å². The summed E-state index contributed by atoms with van der Waals surface area (Å²) in [6, 6.07) is 2.13. The van der Waals surface area contributed by atoms with Crippen LogP contribution >= 0.6 is 15.9 Å². The topological polar surface area (TPSA) is 32.9 Å². The van der Waals surface area contributed by atoms with Crippen molar-refractivity contribution in [1.82, 2.24) is 4.98 Å². The summed E-state index contributed by atoms with van der Waals surface area (Å²) in [6.45, 7) is 3.77. The maximum atomic E-state index is 13.6. The van der Waals surface area contributed by atoms with Gasteiger partial charge in [-0.15, -0.1) is 0 Å². The predicted molar refractivity (Wildman–Crippen MR) is 66.3 cm³/mol. The minimum absolute atomic E-state index is 0.00639. The summed E-state index contributed by atoms with van der Waals surface area (Å²) in [5, 5.41) is 0.00639. The standard InChI is InChI=1S/C12H10BrF2NO/c1-5(2)8-4-9(17)10-11(13)6(14)3-7(15)12(10)16-8/h3-5H,1-2H3,(H,16,17). The van der Waals surface area contributed by atoms with Gasteiger partial charge in [0.2, 0.25) is 0 Å². The summed E-state index contributed by atoms with van der Waals surface area (Å²) in [5.41, 5.74) is 0.266. The zero-order valence-corrected chi connectivity index (χ0v) is 10.9. The molecule has 2 rings (SSSR count). The van der Waals surface area contributed by atoms with Crippen molar-refractivity contribution in [2.45, 2.75) is 19.8 Å². The molecule has 0 aliphatic rings. The van der Waals surface area contributed by atoms with Crippen molar-refractivity contribution in [2.75, 3.05) is 0 Å². The van der Waals surface area contributed by atoms with Crippen LogP contribution in [0.2, 0.25) is 0 Å². The fourth-order valence-corrected chi connectivity index (χ4v) is 2.16. The van der Waals surface area contributed by atoms with Gasteiger partial charge in [0.1, 0.15) is 11.6 Å². The normalized spacial score (nSPS) is 11.4. The molecule has 0 amide bonds. The maximum absolute atomic E-state index is 13.6. The van der Waals surface area contributed by atoms with Gasteiger partial charge in [-0.3, -0.25) is 4.79 Å². The Labute approximate surface area is 105 Å². The highest BCUT2D eigenvalue weighted by molar-refractivity contribution is 9.10. The molecular weight excluding hydrogens is 292 g/mol. The third kappa shape index (κ3) is 1.99. The Morgan fingerprint density at radius 3 is 2.47 bits per heavy atom. The number of H-pyrrole nitrogens is 1. The molecule has 0 bridgehead atoms. The van der Waals surface area contributed by atoms with Gasteiger partial charge in [-0.05, 0) is 21.8 Å². The van der Waals surface area contributed by atoms with Gasteiger partial charge in [0, 0.05) is 17.8 Å². The number of nitrogens with one attached hydrogen (secondary N) is 1. The lowest BCUT2D eigenvalue weighted by molar-refractivity contribution is 0.585. The second kappa shape index (κ2) is 4.22. The molecule has 2 nitrogen and oxygen atoms in total. The third-order valence-corrected chi connectivity index (χ3v) is 3.37. The summed E-state index contributed by atoms with van der Waals surface area (Å²) in [4.78, 5) is 14.7. The van der Waals surface area contributed by atoms with Crippen LogP contribution < -0.4 is 5.43 Å². The minimum Gasteiger partial charge on any atom is -0.356 e. The average Bonchev–Trinajstić information content (AvgIpc) is 2.25. The van der Waals surface area contributed by atoms with Crippen molar-refractivity contribution >= 4 is 26.8 Å². The fourth-order valence-electron chi connectivity index (χ4n) is 1.65. The van der Waals surface area contributed by atoms with Gasteiger partial charge in [0.05, 0.1) is 15.4 Å². The molecule has 0 radical (unpaired) electrons. The lowest BCUT2D eigenvalue weighted by atomic mass is 10.1. The number of hydrogen-bond donors (Lipinski definition) is 1. The van der Waals surface area contributed by atoms with E-state index in [-0.39, 0.29) is 21.3 Å². The van der Waals surface area contributed by atoms with E-state index in [2.05, 4.69) is 20.9 Å². The number of fused-ring (bicyclic) bond motifs is 1. The highest BCUT2D eigenvalue weighted by Crippen LogP contribution is 2.26. The van der Waals surface area contributed by atoms with E-state index in [1.54, 1.807) is 0 Å². The summed E-state index contributed by atoms with van der Waals surface area (Å²) >= 11 is 2.97. The smallest absolute Gasteiger partial charge is 0.191 e. The van der Waals surface area contributed by atoms with Gasteiger partial charge >= 0.3 is 0 Å². The molecule has 0 spiro atoms. The molecule has 1 aromatic carbocycles. The molecule has 5 heteroatoms.